The molecule has 0 aliphatic heterocycles. The van der Waals surface area contributed by atoms with Gasteiger partial charge in [0, 0.05) is 6.42 Å². The Balaban J connectivity index is 4.32. The highest BCUT2D eigenvalue weighted by molar-refractivity contribution is 5.84. The summed E-state index contributed by atoms with van der Waals surface area (Å²) in [4.78, 5) is 22.5. The topological polar surface area (TPSA) is 66.4 Å². The second kappa shape index (κ2) is 5.87. The predicted molar refractivity (Wildman–Crippen MR) is 63.1 cm³/mol. The maximum atomic E-state index is 11.5. The van der Waals surface area contributed by atoms with Crippen molar-refractivity contribution in [1.29, 1.82) is 0 Å². The van der Waals surface area contributed by atoms with Crippen LogP contribution in [0.4, 0.5) is 0 Å². The molecule has 0 aliphatic rings. The molecule has 4 heteroatoms. The number of nitrogens with one attached hydrogen (secondary N) is 1. The first-order valence-corrected chi connectivity index (χ1v) is 5.66. The zero-order valence-electron chi connectivity index (χ0n) is 10.8. The number of carboxylic acids is 1. The van der Waals surface area contributed by atoms with Crippen LogP contribution in [0.15, 0.2) is 0 Å². The molecule has 0 aliphatic carbocycles. The second-order valence-electron chi connectivity index (χ2n) is 5.64. The van der Waals surface area contributed by atoms with Gasteiger partial charge < -0.3 is 10.4 Å². The van der Waals surface area contributed by atoms with Gasteiger partial charge in [-0.25, -0.2) is 4.79 Å². The van der Waals surface area contributed by atoms with Crippen LogP contribution in [0.25, 0.3) is 0 Å². The maximum Gasteiger partial charge on any atom is 0.326 e. The van der Waals surface area contributed by atoms with Crippen molar-refractivity contribution in [3.8, 4) is 0 Å². The van der Waals surface area contributed by atoms with Crippen molar-refractivity contribution < 1.29 is 14.7 Å². The maximum absolute atomic E-state index is 11.5. The van der Waals surface area contributed by atoms with E-state index in [1.807, 2.05) is 13.8 Å². The summed E-state index contributed by atoms with van der Waals surface area (Å²) in [6, 6.07) is -0.827. The summed E-state index contributed by atoms with van der Waals surface area (Å²) in [5, 5.41) is 11.6. The van der Waals surface area contributed by atoms with E-state index in [0.29, 0.717) is 12.3 Å². The van der Waals surface area contributed by atoms with Gasteiger partial charge in [0.25, 0.3) is 0 Å². The molecule has 0 saturated heterocycles. The zero-order chi connectivity index (χ0) is 12.9. The SMILES string of the molecule is CC(C)CCC(=O)N[C@H](C(=O)O)C(C)(C)C. The minimum absolute atomic E-state index is 0.184. The normalized spacial score (nSPS) is 13.6. The quantitative estimate of drug-likeness (QED) is 0.758. The summed E-state index contributed by atoms with van der Waals surface area (Å²) in [5.74, 6) is -0.718. The third-order valence-corrected chi connectivity index (χ3v) is 2.37. The van der Waals surface area contributed by atoms with Gasteiger partial charge in [-0.3, -0.25) is 4.79 Å². The minimum Gasteiger partial charge on any atom is -0.480 e. The molecule has 0 fully saturated rings. The Morgan fingerprint density at radius 2 is 1.75 bits per heavy atom. The number of carboxylic acid groups (broad SMARTS) is 1. The van der Waals surface area contributed by atoms with Gasteiger partial charge in [-0.1, -0.05) is 34.6 Å². The number of carbonyl (C=O) groups excluding carboxylic acids is 1. The Hall–Kier alpha value is -1.06. The summed E-state index contributed by atoms with van der Waals surface area (Å²) in [6.07, 6.45) is 1.17. The third kappa shape index (κ3) is 5.73. The fourth-order valence-corrected chi connectivity index (χ4v) is 1.30. The van der Waals surface area contributed by atoms with Gasteiger partial charge in [0.1, 0.15) is 6.04 Å². The van der Waals surface area contributed by atoms with Crippen LogP contribution in [0.2, 0.25) is 0 Å². The second-order valence-corrected chi connectivity index (χ2v) is 5.64. The summed E-state index contributed by atoms with van der Waals surface area (Å²) in [6.45, 7) is 9.47. The number of rotatable bonds is 5. The standard InChI is InChI=1S/C12H23NO3/c1-8(2)6-7-9(14)13-10(11(15)16)12(3,4)5/h8,10H,6-7H2,1-5H3,(H,13,14)(H,15,16)/t10-/m1/s1. The van der Waals surface area contributed by atoms with Crippen LogP contribution in [-0.2, 0) is 9.59 Å². The molecule has 0 unspecified atom stereocenters. The van der Waals surface area contributed by atoms with E-state index in [0.717, 1.165) is 6.42 Å². The van der Waals surface area contributed by atoms with Crippen molar-refractivity contribution in [3.63, 3.8) is 0 Å². The molecule has 4 nitrogen and oxygen atoms in total. The van der Waals surface area contributed by atoms with Crippen molar-refractivity contribution in [1.82, 2.24) is 5.32 Å². The molecule has 0 aromatic heterocycles. The van der Waals surface area contributed by atoms with E-state index in [1.165, 1.54) is 0 Å². The zero-order valence-corrected chi connectivity index (χ0v) is 10.8. The van der Waals surface area contributed by atoms with Gasteiger partial charge in [0.2, 0.25) is 5.91 Å². The molecule has 0 spiro atoms. The van der Waals surface area contributed by atoms with Crippen LogP contribution >= 0.6 is 0 Å². The Morgan fingerprint density at radius 1 is 1.25 bits per heavy atom. The van der Waals surface area contributed by atoms with Crippen LogP contribution in [0.3, 0.4) is 0 Å². The monoisotopic (exact) mass is 229 g/mol. The van der Waals surface area contributed by atoms with Crippen LogP contribution in [-0.4, -0.2) is 23.0 Å². The summed E-state index contributed by atoms with van der Waals surface area (Å²) >= 11 is 0. The molecule has 0 bridgehead atoms. The van der Waals surface area contributed by atoms with Crippen molar-refractivity contribution >= 4 is 11.9 Å². The van der Waals surface area contributed by atoms with Crippen molar-refractivity contribution in [2.45, 2.75) is 53.5 Å². The molecule has 0 rings (SSSR count). The number of hydrogen-bond acceptors (Lipinski definition) is 2. The number of carbonyl (C=O) groups is 2. The lowest BCUT2D eigenvalue weighted by molar-refractivity contribution is -0.145. The molecule has 1 atom stereocenters. The Labute approximate surface area is 97.4 Å². The van der Waals surface area contributed by atoms with E-state index in [2.05, 4.69) is 5.32 Å². The molecule has 0 radical (unpaired) electrons. The fourth-order valence-electron chi connectivity index (χ4n) is 1.30. The van der Waals surface area contributed by atoms with Gasteiger partial charge in [0.15, 0.2) is 0 Å². The summed E-state index contributed by atoms with van der Waals surface area (Å²) in [5.41, 5.74) is -0.473. The van der Waals surface area contributed by atoms with Gasteiger partial charge in [-0.05, 0) is 17.8 Å². The van der Waals surface area contributed by atoms with Gasteiger partial charge in [0.05, 0.1) is 0 Å². The Kier molecular flexibility index (Phi) is 5.48. The van der Waals surface area contributed by atoms with Crippen molar-refractivity contribution in [3.05, 3.63) is 0 Å². The molecule has 94 valence electrons. The lowest BCUT2D eigenvalue weighted by Crippen LogP contribution is -2.49. The first-order chi connectivity index (χ1) is 7.14. The molecule has 0 saturated carbocycles. The van der Waals surface area contributed by atoms with Crippen molar-refractivity contribution in [2.24, 2.45) is 11.3 Å². The van der Waals surface area contributed by atoms with Crippen LogP contribution in [0, 0.1) is 11.3 Å². The molecule has 0 heterocycles. The number of amides is 1. The fraction of sp³-hybridized carbons (Fsp3) is 0.833. The molecule has 16 heavy (non-hydrogen) atoms. The highest BCUT2D eigenvalue weighted by Crippen LogP contribution is 2.19. The van der Waals surface area contributed by atoms with E-state index < -0.39 is 17.4 Å². The van der Waals surface area contributed by atoms with Crippen LogP contribution in [0.5, 0.6) is 0 Å². The van der Waals surface area contributed by atoms with E-state index in [4.69, 9.17) is 5.11 Å². The lowest BCUT2D eigenvalue weighted by atomic mass is 9.86. The molecular formula is C12H23NO3. The summed E-state index contributed by atoms with van der Waals surface area (Å²) < 4.78 is 0. The van der Waals surface area contributed by atoms with Gasteiger partial charge >= 0.3 is 5.97 Å². The van der Waals surface area contributed by atoms with E-state index in [9.17, 15) is 9.59 Å². The average Bonchev–Trinajstić information content (AvgIpc) is 2.08. The average molecular weight is 229 g/mol. The lowest BCUT2D eigenvalue weighted by Gasteiger charge is -2.27. The first kappa shape index (κ1) is 14.9. The highest BCUT2D eigenvalue weighted by Gasteiger charge is 2.32. The predicted octanol–water partition coefficient (Wildman–Crippen LogP) is 2.04. The van der Waals surface area contributed by atoms with E-state index in [1.54, 1.807) is 20.8 Å². The Morgan fingerprint density at radius 3 is 2.06 bits per heavy atom. The van der Waals surface area contributed by atoms with E-state index in [-0.39, 0.29) is 5.91 Å². The van der Waals surface area contributed by atoms with Gasteiger partial charge in [-0.2, -0.15) is 0 Å². The van der Waals surface area contributed by atoms with Crippen LogP contribution in [0.1, 0.15) is 47.5 Å². The van der Waals surface area contributed by atoms with E-state index >= 15 is 0 Å². The minimum atomic E-state index is -0.981. The Bertz CT molecular complexity index is 253. The largest absolute Gasteiger partial charge is 0.480 e. The highest BCUT2D eigenvalue weighted by atomic mass is 16.4. The summed E-state index contributed by atoms with van der Waals surface area (Å²) in [7, 11) is 0. The smallest absolute Gasteiger partial charge is 0.326 e. The molecule has 0 aromatic carbocycles. The molecule has 1 amide bonds. The third-order valence-electron chi connectivity index (χ3n) is 2.37. The molecule has 2 N–H and O–H groups in total. The van der Waals surface area contributed by atoms with Crippen LogP contribution < -0.4 is 5.32 Å². The molecular weight excluding hydrogens is 206 g/mol. The van der Waals surface area contributed by atoms with Crippen molar-refractivity contribution in [2.75, 3.05) is 0 Å². The van der Waals surface area contributed by atoms with Gasteiger partial charge in [-0.15, -0.1) is 0 Å². The first-order valence-electron chi connectivity index (χ1n) is 5.66. The number of aliphatic carboxylic acids is 1. The number of hydrogen-bond donors (Lipinski definition) is 2. The molecule has 0 aromatic rings.